The maximum Gasteiger partial charge on any atom is 0.353 e. The highest BCUT2D eigenvalue weighted by Crippen LogP contribution is 2.25. The summed E-state index contributed by atoms with van der Waals surface area (Å²) in [6, 6.07) is 18.6. The molecule has 0 unspecified atom stereocenters. The maximum atomic E-state index is 13.4. The highest BCUT2D eigenvalue weighted by Gasteiger charge is 2.15. The summed E-state index contributed by atoms with van der Waals surface area (Å²) in [6.45, 7) is 4.14. The average Bonchev–Trinajstić information content (AvgIpc) is 2.90. The molecule has 4 aromatic rings. The molecule has 0 saturated heterocycles. The summed E-state index contributed by atoms with van der Waals surface area (Å²) < 4.78 is 8.37. The van der Waals surface area contributed by atoms with E-state index in [1.54, 1.807) is 6.07 Å². The Morgan fingerprint density at radius 2 is 1.65 bits per heavy atom. The number of carbonyl (C=O) groups is 1. The van der Waals surface area contributed by atoms with Crippen LogP contribution in [0.5, 0.6) is 5.75 Å². The lowest BCUT2D eigenvalue weighted by Crippen LogP contribution is -2.57. The summed E-state index contributed by atoms with van der Waals surface area (Å²) in [5, 5.41) is 4.14. The highest BCUT2D eigenvalue weighted by molar-refractivity contribution is 5.86. The fourth-order valence-corrected chi connectivity index (χ4v) is 3.88. The molecule has 1 heterocycles. The van der Waals surface area contributed by atoms with Crippen molar-refractivity contribution in [2.45, 2.75) is 33.4 Å². The Bertz CT molecular complexity index is 1660. The SMILES string of the molecule is CCOc1ccc2cc(N=c3n(N)c(=O)n(CCC(=O)N=O)c(=O)n3Cc3ccc(C)cc3)ccc2c1. The Morgan fingerprint density at radius 3 is 2.35 bits per heavy atom. The molecule has 0 aliphatic heterocycles. The summed E-state index contributed by atoms with van der Waals surface area (Å²) in [6.07, 6.45) is -0.409. The van der Waals surface area contributed by atoms with E-state index in [1.807, 2.05) is 68.4 Å². The van der Waals surface area contributed by atoms with E-state index in [0.717, 1.165) is 36.9 Å². The second kappa shape index (κ2) is 10.9. The minimum Gasteiger partial charge on any atom is -0.494 e. The van der Waals surface area contributed by atoms with Crippen LogP contribution in [0.1, 0.15) is 24.5 Å². The molecule has 0 bridgehead atoms. The lowest BCUT2D eigenvalue weighted by Gasteiger charge is -2.14. The van der Waals surface area contributed by atoms with Gasteiger partial charge in [0.1, 0.15) is 5.75 Å². The molecule has 0 spiro atoms. The number of hydrogen-bond donors (Lipinski definition) is 1. The first-order chi connectivity index (χ1) is 17.8. The third kappa shape index (κ3) is 5.56. The molecular weight excluding hydrogens is 476 g/mol. The van der Waals surface area contributed by atoms with Crippen molar-refractivity contribution in [1.29, 1.82) is 0 Å². The van der Waals surface area contributed by atoms with E-state index in [1.165, 1.54) is 4.57 Å². The molecule has 11 heteroatoms. The van der Waals surface area contributed by atoms with Crippen molar-refractivity contribution in [2.75, 3.05) is 12.4 Å². The largest absolute Gasteiger partial charge is 0.494 e. The number of nitrogen functional groups attached to an aromatic ring is 1. The third-order valence-corrected chi connectivity index (χ3v) is 5.80. The second-order valence-corrected chi connectivity index (χ2v) is 8.43. The second-order valence-electron chi connectivity index (χ2n) is 8.43. The van der Waals surface area contributed by atoms with Crippen molar-refractivity contribution < 1.29 is 9.53 Å². The fourth-order valence-electron chi connectivity index (χ4n) is 3.88. The van der Waals surface area contributed by atoms with Crippen LogP contribution in [0.4, 0.5) is 5.69 Å². The molecule has 4 rings (SSSR count). The molecular formula is C26H26N6O5. The Kier molecular flexibility index (Phi) is 7.42. The van der Waals surface area contributed by atoms with Crippen molar-refractivity contribution in [2.24, 2.45) is 10.2 Å². The number of carbonyl (C=O) groups excluding carboxylic acids is 1. The zero-order valence-corrected chi connectivity index (χ0v) is 20.5. The van der Waals surface area contributed by atoms with E-state index in [0.29, 0.717) is 12.3 Å². The number of benzene rings is 3. The summed E-state index contributed by atoms with van der Waals surface area (Å²) >= 11 is 0. The number of nitrogens with two attached hydrogens (primary N) is 1. The van der Waals surface area contributed by atoms with Crippen LogP contribution >= 0.6 is 0 Å². The number of hydrogen-bond acceptors (Lipinski definition) is 7. The highest BCUT2D eigenvalue weighted by atomic mass is 16.5. The van der Waals surface area contributed by atoms with Gasteiger partial charge in [0.15, 0.2) is 0 Å². The molecule has 37 heavy (non-hydrogen) atoms. The number of aromatic nitrogens is 3. The molecule has 0 saturated carbocycles. The van der Waals surface area contributed by atoms with Gasteiger partial charge in [0, 0.05) is 11.7 Å². The number of nitroso groups, excluding NO2 is 1. The van der Waals surface area contributed by atoms with Gasteiger partial charge >= 0.3 is 11.4 Å². The van der Waals surface area contributed by atoms with Gasteiger partial charge in [0.25, 0.3) is 5.91 Å². The monoisotopic (exact) mass is 502 g/mol. The van der Waals surface area contributed by atoms with Crippen molar-refractivity contribution in [3.05, 3.63) is 103 Å². The normalized spacial score (nSPS) is 11.6. The Labute approximate surface area is 211 Å². The van der Waals surface area contributed by atoms with Gasteiger partial charge in [-0.15, -0.1) is 4.91 Å². The van der Waals surface area contributed by atoms with Gasteiger partial charge in [-0.25, -0.2) is 19.1 Å². The van der Waals surface area contributed by atoms with Gasteiger partial charge in [-0.2, -0.15) is 4.68 Å². The molecule has 0 atom stereocenters. The van der Waals surface area contributed by atoms with Crippen LogP contribution in [0.3, 0.4) is 0 Å². The molecule has 3 aromatic carbocycles. The van der Waals surface area contributed by atoms with Crippen LogP contribution in [0, 0.1) is 11.8 Å². The van der Waals surface area contributed by atoms with Gasteiger partial charge in [0.05, 0.1) is 25.3 Å². The summed E-state index contributed by atoms with van der Waals surface area (Å²) in [4.78, 5) is 52.8. The number of fused-ring (bicyclic) bond motifs is 1. The molecule has 1 aromatic heterocycles. The van der Waals surface area contributed by atoms with Gasteiger partial charge in [-0.05, 0) is 54.4 Å². The molecule has 190 valence electrons. The van der Waals surface area contributed by atoms with E-state index < -0.39 is 23.7 Å². The van der Waals surface area contributed by atoms with E-state index >= 15 is 0 Å². The third-order valence-electron chi connectivity index (χ3n) is 5.80. The van der Waals surface area contributed by atoms with Crippen LogP contribution in [0.25, 0.3) is 10.8 Å². The molecule has 1 amide bonds. The van der Waals surface area contributed by atoms with E-state index in [9.17, 15) is 19.3 Å². The van der Waals surface area contributed by atoms with Crippen molar-refractivity contribution in [3.8, 4) is 5.75 Å². The summed E-state index contributed by atoms with van der Waals surface area (Å²) in [7, 11) is 0. The molecule has 0 fully saturated rings. The lowest BCUT2D eigenvalue weighted by molar-refractivity contribution is -0.118. The van der Waals surface area contributed by atoms with Gasteiger partial charge in [-0.1, -0.05) is 42.0 Å². The van der Waals surface area contributed by atoms with Crippen LogP contribution in [0.15, 0.2) is 80.4 Å². The molecule has 11 nitrogen and oxygen atoms in total. The number of rotatable bonds is 8. The molecule has 0 aliphatic rings. The summed E-state index contributed by atoms with van der Waals surface area (Å²) in [5.41, 5.74) is 0.643. The predicted molar refractivity (Wildman–Crippen MR) is 139 cm³/mol. The van der Waals surface area contributed by atoms with Crippen LogP contribution in [-0.2, 0) is 17.9 Å². The minimum atomic E-state index is -0.975. The van der Waals surface area contributed by atoms with Gasteiger partial charge in [-0.3, -0.25) is 9.36 Å². The fraction of sp³-hybridized carbons (Fsp3) is 0.231. The average molecular weight is 503 g/mol. The number of amides is 1. The predicted octanol–water partition coefficient (Wildman–Crippen LogP) is 2.35. The Hall–Kier alpha value is -4.80. The minimum absolute atomic E-state index is 0.0700. The van der Waals surface area contributed by atoms with Crippen molar-refractivity contribution in [1.82, 2.24) is 13.8 Å². The number of nitrogens with zero attached hydrogens (tertiary/aromatic N) is 5. The van der Waals surface area contributed by atoms with Crippen LogP contribution in [0.2, 0.25) is 0 Å². The first-order valence-electron chi connectivity index (χ1n) is 11.7. The maximum absolute atomic E-state index is 13.4. The van der Waals surface area contributed by atoms with Gasteiger partial charge < -0.3 is 10.6 Å². The van der Waals surface area contributed by atoms with E-state index in [-0.39, 0.29) is 18.7 Å². The Balaban J connectivity index is 1.88. The zero-order chi connectivity index (χ0) is 26.5. The molecule has 2 N–H and O–H groups in total. The summed E-state index contributed by atoms with van der Waals surface area (Å²) in [5.74, 6) is 5.90. The topological polar surface area (TPSA) is 143 Å². The Morgan fingerprint density at radius 1 is 0.946 bits per heavy atom. The van der Waals surface area contributed by atoms with Crippen LogP contribution in [-0.4, -0.2) is 26.3 Å². The van der Waals surface area contributed by atoms with Gasteiger partial charge in [0.2, 0.25) is 5.62 Å². The first kappa shape index (κ1) is 25.3. The molecule has 0 radical (unpaired) electrons. The number of ether oxygens (including phenoxy) is 1. The molecule has 0 aliphatic carbocycles. The van der Waals surface area contributed by atoms with E-state index in [4.69, 9.17) is 10.6 Å². The zero-order valence-electron chi connectivity index (χ0n) is 20.5. The first-order valence-corrected chi connectivity index (χ1v) is 11.7. The van der Waals surface area contributed by atoms with Crippen molar-refractivity contribution in [3.63, 3.8) is 0 Å². The van der Waals surface area contributed by atoms with Crippen LogP contribution < -0.4 is 27.6 Å². The smallest absolute Gasteiger partial charge is 0.353 e. The quantitative estimate of drug-likeness (QED) is 0.289. The van der Waals surface area contributed by atoms with Crippen molar-refractivity contribution >= 4 is 22.4 Å². The van der Waals surface area contributed by atoms with E-state index in [2.05, 4.69) is 10.2 Å². The number of aryl methyl sites for hydroxylation is 1. The lowest BCUT2D eigenvalue weighted by atomic mass is 10.1. The standard InChI is InChI=1S/C26H26N6O5/c1-3-37-22-11-9-19-14-21(10-8-20(19)15-22)28-24-31(16-18-6-4-17(2)5-7-18)25(34)30(26(35)32(24)27)13-12-23(33)29-36/h4-11,14-15H,3,12-13,16,27H2,1-2H3.